The summed E-state index contributed by atoms with van der Waals surface area (Å²) in [5, 5.41) is 8.76. The number of pyridine rings is 1. The second kappa shape index (κ2) is 4.11. The minimum Gasteiger partial charge on any atom is -0.261 e. The van der Waals surface area contributed by atoms with Gasteiger partial charge in [0, 0.05) is 23.0 Å². The minimum atomic E-state index is -0.343. The highest BCUT2D eigenvalue weighted by Gasteiger charge is 2.06. The van der Waals surface area contributed by atoms with Crippen molar-refractivity contribution in [1.82, 2.24) is 4.98 Å². The van der Waals surface area contributed by atoms with Crippen molar-refractivity contribution in [3.63, 3.8) is 0 Å². The fourth-order valence-electron chi connectivity index (χ4n) is 1.44. The van der Waals surface area contributed by atoms with Crippen LogP contribution in [0, 0.1) is 24.1 Å². The molecule has 2 nitrogen and oxygen atoms in total. The summed E-state index contributed by atoms with van der Waals surface area (Å²) in [5.41, 5.74) is 2.41. The molecule has 0 fully saturated rings. The lowest BCUT2D eigenvalue weighted by molar-refractivity contribution is 0.631. The quantitative estimate of drug-likeness (QED) is 0.728. The normalized spacial score (nSPS) is 9.81. The maximum Gasteiger partial charge on any atom is 0.131 e. The van der Waals surface area contributed by atoms with E-state index in [1.807, 2.05) is 19.1 Å². The van der Waals surface area contributed by atoms with Gasteiger partial charge in [-0.1, -0.05) is 6.07 Å². The Bertz CT molecular complexity index is 553. The van der Waals surface area contributed by atoms with E-state index >= 15 is 0 Å². The molecule has 0 saturated heterocycles. The van der Waals surface area contributed by atoms with Crippen LogP contribution in [-0.2, 0) is 0 Å². The molecule has 1 aromatic heterocycles. The largest absolute Gasteiger partial charge is 0.261 e. The second-order valence-electron chi connectivity index (χ2n) is 3.49. The molecule has 0 saturated carbocycles. The molecule has 0 spiro atoms. The lowest BCUT2D eigenvalue weighted by Crippen LogP contribution is -1.88. The summed E-state index contributed by atoms with van der Waals surface area (Å²) in [6, 6.07) is 9.88. The molecule has 2 rings (SSSR count). The predicted molar refractivity (Wildman–Crippen MR) is 59.1 cm³/mol. The molecule has 0 radical (unpaired) electrons. The van der Waals surface area contributed by atoms with Gasteiger partial charge < -0.3 is 0 Å². The van der Waals surface area contributed by atoms with Crippen LogP contribution in [0.4, 0.5) is 4.39 Å². The summed E-state index contributed by atoms with van der Waals surface area (Å²) in [7, 11) is 0. The van der Waals surface area contributed by atoms with Gasteiger partial charge in [-0.2, -0.15) is 5.26 Å². The molecule has 0 aliphatic carbocycles. The van der Waals surface area contributed by atoms with Gasteiger partial charge in [0.1, 0.15) is 5.82 Å². The van der Waals surface area contributed by atoms with Crippen LogP contribution >= 0.6 is 0 Å². The Balaban J connectivity index is 2.55. The highest BCUT2D eigenvalue weighted by molar-refractivity contribution is 5.65. The molecule has 0 unspecified atom stereocenters. The van der Waals surface area contributed by atoms with Crippen LogP contribution in [0.2, 0.25) is 0 Å². The van der Waals surface area contributed by atoms with E-state index in [4.69, 9.17) is 5.26 Å². The highest BCUT2D eigenvalue weighted by Crippen LogP contribution is 2.23. The maximum absolute atomic E-state index is 13.6. The van der Waals surface area contributed by atoms with Crippen LogP contribution in [0.1, 0.15) is 11.3 Å². The van der Waals surface area contributed by atoms with Gasteiger partial charge in [-0.3, -0.25) is 4.98 Å². The smallest absolute Gasteiger partial charge is 0.131 e. The summed E-state index contributed by atoms with van der Waals surface area (Å²) in [6.45, 7) is 1.87. The van der Waals surface area contributed by atoms with E-state index in [1.54, 1.807) is 12.3 Å². The molecule has 78 valence electrons. The highest BCUT2D eigenvalue weighted by atomic mass is 19.1. The van der Waals surface area contributed by atoms with Gasteiger partial charge in [-0.25, -0.2) is 4.39 Å². The van der Waals surface area contributed by atoms with Gasteiger partial charge in [0.05, 0.1) is 11.6 Å². The van der Waals surface area contributed by atoms with Gasteiger partial charge in [-0.15, -0.1) is 0 Å². The molecular formula is C13H9FN2. The van der Waals surface area contributed by atoms with Crippen LogP contribution < -0.4 is 0 Å². The average molecular weight is 212 g/mol. The Hall–Kier alpha value is -2.21. The van der Waals surface area contributed by atoms with E-state index in [0.29, 0.717) is 16.7 Å². The molecular weight excluding hydrogens is 203 g/mol. The van der Waals surface area contributed by atoms with E-state index in [-0.39, 0.29) is 5.82 Å². The molecule has 0 N–H and O–H groups in total. The molecule has 1 heterocycles. The van der Waals surface area contributed by atoms with Crippen molar-refractivity contribution in [2.24, 2.45) is 0 Å². The Morgan fingerprint density at radius 3 is 2.69 bits per heavy atom. The van der Waals surface area contributed by atoms with Gasteiger partial charge in [0.15, 0.2) is 0 Å². The standard InChI is InChI=1S/C13H9FN2/c1-9-2-4-11(8-16-9)12-6-10(7-15)3-5-13(12)14/h2-6,8H,1H3. The first-order chi connectivity index (χ1) is 7.70. The Morgan fingerprint density at radius 2 is 2.06 bits per heavy atom. The van der Waals surface area contributed by atoms with Crippen molar-refractivity contribution in [1.29, 1.82) is 5.26 Å². The molecule has 1 aromatic carbocycles. The zero-order valence-corrected chi connectivity index (χ0v) is 8.74. The molecule has 0 aliphatic heterocycles. The number of hydrogen-bond acceptors (Lipinski definition) is 2. The van der Waals surface area contributed by atoms with Crippen LogP contribution in [0.25, 0.3) is 11.1 Å². The Labute approximate surface area is 93.0 Å². The summed E-state index contributed by atoms with van der Waals surface area (Å²) < 4.78 is 13.6. The molecule has 16 heavy (non-hydrogen) atoms. The predicted octanol–water partition coefficient (Wildman–Crippen LogP) is 3.07. The fourth-order valence-corrected chi connectivity index (χ4v) is 1.44. The lowest BCUT2D eigenvalue weighted by atomic mass is 10.0. The molecule has 0 atom stereocenters. The molecule has 0 bridgehead atoms. The third-order valence-electron chi connectivity index (χ3n) is 2.32. The number of aryl methyl sites for hydroxylation is 1. The zero-order chi connectivity index (χ0) is 11.5. The van der Waals surface area contributed by atoms with Crippen molar-refractivity contribution in [2.75, 3.05) is 0 Å². The van der Waals surface area contributed by atoms with E-state index in [1.165, 1.54) is 18.2 Å². The van der Waals surface area contributed by atoms with Gasteiger partial charge in [-0.05, 0) is 31.2 Å². The first-order valence-electron chi connectivity index (χ1n) is 4.83. The third kappa shape index (κ3) is 1.91. The van der Waals surface area contributed by atoms with Gasteiger partial charge >= 0.3 is 0 Å². The van der Waals surface area contributed by atoms with Crippen molar-refractivity contribution >= 4 is 0 Å². The fraction of sp³-hybridized carbons (Fsp3) is 0.0769. The summed E-state index contributed by atoms with van der Waals surface area (Å²) in [6.07, 6.45) is 1.61. The number of halogens is 1. The Kier molecular flexibility index (Phi) is 2.65. The zero-order valence-electron chi connectivity index (χ0n) is 8.74. The van der Waals surface area contributed by atoms with Crippen molar-refractivity contribution < 1.29 is 4.39 Å². The minimum absolute atomic E-state index is 0.343. The van der Waals surface area contributed by atoms with E-state index in [9.17, 15) is 4.39 Å². The number of nitriles is 1. The summed E-state index contributed by atoms with van der Waals surface area (Å²) in [5.74, 6) is -0.343. The lowest BCUT2D eigenvalue weighted by Gasteiger charge is -2.03. The SMILES string of the molecule is Cc1ccc(-c2cc(C#N)ccc2F)cn1. The van der Waals surface area contributed by atoms with Crippen LogP contribution in [0.15, 0.2) is 36.5 Å². The second-order valence-corrected chi connectivity index (χ2v) is 3.49. The van der Waals surface area contributed by atoms with E-state index in [0.717, 1.165) is 5.69 Å². The maximum atomic E-state index is 13.6. The van der Waals surface area contributed by atoms with Gasteiger partial charge in [0.2, 0.25) is 0 Å². The average Bonchev–Trinajstić information content (AvgIpc) is 2.31. The topological polar surface area (TPSA) is 36.7 Å². The number of rotatable bonds is 1. The first kappa shape index (κ1) is 10.3. The monoisotopic (exact) mass is 212 g/mol. The molecule has 2 aromatic rings. The molecule has 0 aliphatic rings. The number of aromatic nitrogens is 1. The third-order valence-corrected chi connectivity index (χ3v) is 2.32. The summed E-state index contributed by atoms with van der Waals surface area (Å²) >= 11 is 0. The van der Waals surface area contributed by atoms with Crippen LogP contribution in [0.5, 0.6) is 0 Å². The Morgan fingerprint density at radius 1 is 1.25 bits per heavy atom. The molecule has 0 amide bonds. The van der Waals surface area contributed by atoms with Crippen molar-refractivity contribution in [2.45, 2.75) is 6.92 Å². The van der Waals surface area contributed by atoms with Crippen molar-refractivity contribution in [3.8, 4) is 17.2 Å². The van der Waals surface area contributed by atoms with E-state index in [2.05, 4.69) is 4.98 Å². The van der Waals surface area contributed by atoms with E-state index < -0.39 is 0 Å². The molecule has 3 heteroatoms. The number of hydrogen-bond donors (Lipinski definition) is 0. The number of nitrogens with zero attached hydrogens (tertiary/aromatic N) is 2. The van der Waals surface area contributed by atoms with Gasteiger partial charge in [0.25, 0.3) is 0 Å². The number of benzene rings is 1. The van der Waals surface area contributed by atoms with Crippen LogP contribution in [0.3, 0.4) is 0 Å². The first-order valence-corrected chi connectivity index (χ1v) is 4.83. The van der Waals surface area contributed by atoms with Crippen molar-refractivity contribution in [3.05, 3.63) is 53.6 Å². The van der Waals surface area contributed by atoms with Crippen LogP contribution in [-0.4, -0.2) is 4.98 Å². The summed E-state index contributed by atoms with van der Waals surface area (Å²) in [4.78, 5) is 4.10.